The smallest absolute Gasteiger partial charge is 0.410 e. The van der Waals surface area contributed by atoms with Crippen LogP contribution in [0.5, 0.6) is 0 Å². The highest BCUT2D eigenvalue weighted by molar-refractivity contribution is 7.11. The molecule has 1 saturated carbocycles. The Morgan fingerprint density at radius 1 is 1.26 bits per heavy atom. The fourth-order valence-corrected chi connectivity index (χ4v) is 4.69. The summed E-state index contributed by atoms with van der Waals surface area (Å²) in [6, 6.07) is 0.235. The van der Waals surface area contributed by atoms with Crippen LogP contribution in [0.25, 0.3) is 0 Å². The van der Waals surface area contributed by atoms with E-state index in [-0.39, 0.29) is 12.1 Å². The van der Waals surface area contributed by atoms with Crippen molar-refractivity contribution in [1.82, 2.24) is 20.1 Å². The molecule has 0 radical (unpaired) electrons. The number of thiazole rings is 1. The number of ether oxygens (including phenoxy) is 1. The van der Waals surface area contributed by atoms with Crippen LogP contribution in [0.3, 0.4) is 0 Å². The summed E-state index contributed by atoms with van der Waals surface area (Å²) >= 11 is 1.72. The molecule has 1 saturated heterocycles. The molecule has 0 spiro atoms. The molecule has 174 valence electrons. The average Bonchev–Trinajstić information content (AvgIpc) is 3.46. The van der Waals surface area contributed by atoms with Crippen molar-refractivity contribution in [3.05, 3.63) is 15.6 Å². The number of nitrogens with zero attached hydrogens (tertiary/aromatic N) is 4. The number of amides is 1. The molecule has 2 aliphatic rings. The molecule has 1 aromatic heterocycles. The molecule has 3 rings (SSSR count). The summed E-state index contributed by atoms with van der Waals surface area (Å²) < 4.78 is 5.73. The highest BCUT2D eigenvalue weighted by Crippen LogP contribution is 2.32. The number of nitrogens with one attached hydrogen (secondary N) is 1. The lowest BCUT2D eigenvalue weighted by atomic mass is 10.0. The van der Waals surface area contributed by atoms with Crippen LogP contribution in [-0.2, 0) is 11.3 Å². The molecule has 1 amide bonds. The van der Waals surface area contributed by atoms with Gasteiger partial charge < -0.3 is 19.9 Å². The van der Waals surface area contributed by atoms with Crippen LogP contribution in [0, 0.1) is 19.8 Å². The minimum absolute atomic E-state index is 0.159. The summed E-state index contributed by atoms with van der Waals surface area (Å²) in [6.45, 7) is 16.1. The van der Waals surface area contributed by atoms with Crippen LogP contribution < -0.4 is 5.32 Å². The first-order valence-electron chi connectivity index (χ1n) is 11.6. The van der Waals surface area contributed by atoms with Crippen LogP contribution in [0.15, 0.2) is 4.99 Å². The molecule has 31 heavy (non-hydrogen) atoms. The quantitative estimate of drug-likeness (QED) is 0.517. The van der Waals surface area contributed by atoms with E-state index in [2.05, 4.69) is 29.0 Å². The maximum Gasteiger partial charge on any atom is 0.410 e. The van der Waals surface area contributed by atoms with Crippen molar-refractivity contribution in [1.29, 1.82) is 0 Å². The Bertz CT molecular complexity index is 754. The predicted octanol–water partition coefficient (Wildman–Crippen LogP) is 4.34. The van der Waals surface area contributed by atoms with Gasteiger partial charge in [-0.2, -0.15) is 0 Å². The Morgan fingerprint density at radius 3 is 2.45 bits per heavy atom. The van der Waals surface area contributed by atoms with E-state index >= 15 is 0 Å². The second-order valence-corrected chi connectivity index (χ2v) is 11.0. The van der Waals surface area contributed by atoms with Gasteiger partial charge in [-0.15, -0.1) is 11.3 Å². The number of aromatic nitrogens is 1. The van der Waals surface area contributed by atoms with Gasteiger partial charge >= 0.3 is 6.09 Å². The van der Waals surface area contributed by atoms with Gasteiger partial charge in [-0.3, -0.25) is 0 Å². The summed E-state index contributed by atoms with van der Waals surface area (Å²) in [5.74, 6) is 1.59. The maximum absolute atomic E-state index is 12.9. The standard InChI is InChI=1S/C23H39N5O2S/c1-7-24-21(25-14-20-26-16(2)17(3)31-20)27-12-10-19(11-13-27)28(15-18-8-9-18)22(29)30-23(4,5)6/h18-19H,7-15H2,1-6H3,(H,24,25). The van der Waals surface area contributed by atoms with Gasteiger partial charge in [-0.1, -0.05) is 0 Å². The van der Waals surface area contributed by atoms with E-state index < -0.39 is 5.60 Å². The van der Waals surface area contributed by atoms with Crippen molar-refractivity contribution in [2.45, 2.75) is 85.4 Å². The Hall–Kier alpha value is -1.83. The normalized spacial score (nSPS) is 18.3. The number of carbonyl (C=O) groups is 1. The first kappa shape index (κ1) is 23.8. The molecule has 2 heterocycles. The average molecular weight is 450 g/mol. The van der Waals surface area contributed by atoms with Gasteiger partial charge in [-0.05, 0) is 73.1 Å². The molecule has 1 aromatic rings. The SMILES string of the molecule is CCNC(=NCc1nc(C)c(C)s1)N1CCC(N(CC2CC2)C(=O)OC(C)(C)C)CC1. The molecule has 2 fully saturated rings. The van der Waals surface area contributed by atoms with Gasteiger partial charge in [0.05, 0.1) is 12.2 Å². The number of piperidine rings is 1. The van der Waals surface area contributed by atoms with Gasteiger partial charge in [0.15, 0.2) is 5.96 Å². The summed E-state index contributed by atoms with van der Waals surface area (Å²) in [7, 11) is 0. The molecule has 0 aromatic carbocycles. The van der Waals surface area contributed by atoms with Gasteiger partial charge in [-0.25, -0.2) is 14.8 Å². The molecule has 0 unspecified atom stereocenters. The largest absolute Gasteiger partial charge is 0.444 e. The molecular formula is C23H39N5O2S. The number of likely N-dealkylation sites (tertiary alicyclic amines) is 1. The number of rotatable bonds is 6. The topological polar surface area (TPSA) is 70.1 Å². The second-order valence-electron chi connectivity index (χ2n) is 9.71. The van der Waals surface area contributed by atoms with E-state index in [9.17, 15) is 4.79 Å². The number of hydrogen-bond donors (Lipinski definition) is 1. The molecule has 1 N–H and O–H groups in total. The van der Waals surface area contributed by atoms with E-state index in [0.29, 0.717) is 12.5 Å². The number of guanidine groups is 1. The van der Waals surface area contributed by atoms with E-state index in [0.717, 1.165) is 55.7 Å². The maximum atomic E-state index is 12.9. The van der Waals surface area contributed by atoms with Crippen LogP contribution in [0.2, 0.25) is 0 Å². The molecule has 1 aliphatic heterocycles. The zero-order chi connectivity index (χ0) is 22.6. The van der Waals surface area contributed by atoms with Crippen molar-refractivity contribution in [3.8, 4) is 0 Å². The zero-order valence-electron chi connectivity index (χ0n) is 20.0. The van der Waals surface area contributed by atoms with Crippen LogP contribution in [-0.4, -0.2) is 64.7 Å². The van der Waals surface area contributed by atoms with Gasteiger partial charge in [0.2, 0.25) is 0 Å². The van der Waals surface area contributed by atoms with Gasteiger partial charge in [0, 0.05) is 37.1 Å². The van der Waals surface area contributed by atoms with Crippen LogP contribution in [0.4, 0.5) is 4.79 Å². The fraction of sp³-hybridized carbons (Fsp3) is 0.783. The zero-order valence-corrected chi connectivity index (χ0v) is 20.8. The molecule has 8 heteroatoms. The van der Waals surface area contributed by atoms with Crippen LogP contribution in [0.1, 0.15) is 69.0 Å². The molecule has 0 bridgehead atoms. The summed E-state index contributed by atoms with van der Waals surface area (Å²) in [5.41, 5.74) is 0.635. The van der Waals surface area contributed by atoms with Crippen LogP contribution >= 0.6 is 11.3 Å². The monoisotopic (exact) mass is 449 g/mol. The lowest BCUT2D eigenvalue weighted by Crippen LogP contribution is -2.52. The summed E-state index contributed by atoms with van der Waals surface area (Å²) in [5, 5.41) is 4.49. The third kappa shape index (κ3) is 7.09. The van der Waals surface area contributed by atoms with E-state index in [4.69, 9.17) is 9.73 Å². The number of aryl methyl sites for hydroxylation is 2. The van der Waals surface area contributed by atoms with Gasteiger partial charge in [0.25, 0.3) is 0 Å². The first-order valence-corrected chi connectivity index (χ1v) is 12.4. The Balaban J connectivity index is 1.61. The van der Waals surface area contributed by atoms with Crippen molar-refractivity contribution in [2.75, 3.05) is 26.2 Å². The Labute approximate surface area is 191 Å². The number of carbonyl (C=O) groups excluding carboxylic acids is 1. The Morgan fingerprint density at radius 2 is 1.94 bits per heavy atom. The third-order valence-corrected chi connectivity index (χ3v) is 6.81. The fourth-order valence-electron chi connectivity index (χ4n) is 3.84. The lowest BCUT2D eigenvalue weighted by Gasteiger charge is -2.40. The molecular weight excluding hydrogens is 410 g/mol. The lowest BCUT2D eigenvalue weighted by molar-refractivity contribution is 0.00928. The van der Waals surface area contributed by atoms with Crippen molar-refractivity contribution in [3.63, 3.8) is 0 Å². The second kappa shape index (κ2) is 10.2. The van der Waals surface area contributed by atoms with Crippen molar-refractivity contribution in [2.24, 2.45) is 10.9 Å². The molecule has 1 aliphatic carbocycles. The number of aliphatic imine (C=N–C) groups is 1. The molecule has 0 atom stereocenters. The highest BCUT2D eigenvalue weighted by atomic mass is 32.1. The predicted molar refractivity (Wildman–Crippen MR) is 127 cm³/mol. The summed E-state index contributed by atoms with van der Waals surface area (Å²) in [6.07, 6.45) is 4.17. The Kier molecular flexibility index (Phi) is 7.83. The third-order valence-electron chi connectivity index (χ3n) is 5.76. The molecule has 7 nitrogen and oxygen atoms in total. The van der Waals surface area contributed by atoms with Gasteiger partial charge in [0.1, 0.15) is 10.6 Å². The van der Waals surface area contributed by atoms with E-state index in [1.807, 2.05) is 32.6 Å². The number of hydrogen-bond acceptors (Lipinski definition) is 5. The highest BCUT2D eigenvalue weighted by Gasteiger charge is 2.35. The first-order chi connectivity index (χ1) is 14.7. The van der Waals surface area contributed by atoms with E-state index in [1.165, 1.54) is 17.7 Å². The minimum Gasteiger partial charge on any atom is -0.444 e. The van der Waals surface area contributed by atoms with E-state index in [1.54, 1.807) is 11.3 Å². The van der Waals surface area contributed by atoms with Crippen molar-refractivity contribution < 1.29 is 9.53 Å². The summed E-state index contributed by atoms with van der Waals surface area (Å²) in [4.78, 5) is 27.9. The minimum atomic E-state index is -0.461. The van der Waals surface area contributed by atoms with Crippen molar-refractivity contribution >= 4 is 23.4 Å².